The average molecular weight is 237 g/mol. The molecule has 0 aliphatic carbocycles. The topological polar surface area (TPSA) is 60.0 Å². The first-order chi connectivity index (χ1) is 8.02. The lowest BCUT2D eigenvalue weighted by Crippen LogP contribution is -2.30. The zero-order chi connectivity index (χ0) is 12.8. The predicted molar refractivity (Wildman–Crippen MR) is 69.5 cm³/mol. The van der Waals surface area contributed by atoms with E-state index in [-0.39, 0.29) is 11.9 Å². The number of aromatic nitrogens is 1. The standard InChI is InChI=1S/C13H23N3O/c1-4-12(14)11-5-6-16(8-11)9-13(17)15-7-10(2)3/h5-6,8,10,12H,4,7,9,14H2,1-3H3,(H,15,17). The van der Waals surface area contributed by atoms with E-state index in [1.165, 1.54) is 0 Å². The normalized spacial score (nSPS) is 12.8. The highest BCUT2D eigenvalue weighted by Gasteiger charge is 2.07. The van der Waals surface area contributed by atoms with Crippen molar-refractivity contribution in [3.8, 4) is 0 Å². The van der Waals surface area contributed by atoms with Gasteiger partial charge < -0.3 is 15.6 Å². The van der Waals surface area contributed by atoms with Crippen LogP contribution in [-0.4, -0.2) is 17.0 Å². The van der Waals surface area contributed by atoms with E-state index in [4.69, 9.17) is 5.73 Å². The maximum absolute atomic E-state index is 11.6. The third kappa shape index (κ3) is 4.61. The van der Waals surface area contributed by atoms with Crippen LogP contribution in [0.3, 0.4) is 0 Å². The van der Waals surface area contributed by atoms with Gasteiger partial charge >= 0.3 is 0 Å². The Morgan fingerprint density at radius 1 is 1.53 bits per heavy atom. The van der Waals surface area contributed by atoms with Gasteiger partial charge in [-0.3, -0.25) is 4.79 Å². The van der Waals surface area contributed by atoms with E-state index in [0.29, 0.717) is 12.5 Å². The molecular formula is C13H23N3O. The van der Waals surface area contributed by atoms with Gasteiger partial charge in [0.05, 0.1) is 0 Å². The number of amides is 1. The highest BCUT2D eigenvalue weighted by Crippen LogP contribution is 2.13. The van der Waals surface area contributed by atoms with E-state index in [9.17, 15) is 4.79 Å². The predicted octanol–water partition coefficient (Wildman–Crippen LogP) is 1.67. The molecule has 1 aromatic rings. The molecule has 0 aromatic carbocycles. The summed E-state index contributed by atoms with van der Waals surface area (Å²) in [7, 11) is 0. The number of rotatable bonds is 6. The summed E-state index contributed by atoms with van der Waals surface area (Å²) in [6.07, 6.45) is 4.76. The summed E-state index contributed by atoms with van der Waals surface area (Å²) in [6.45, 7) is 7.30. The van der Waals surface area contributed by atoms with Crippen LogP contribution in [0.1, 0.15) is 38.8 Å². The summed E-state index contributed by atoms with van der Waals surface area (Å²) in [5, 5.41) is 2.89. The fraction of sp³-hybridized carbons (Fsp3) is 0.615. The molecule has 96 valence electrons. The maximum Gasteiger partial charge on any atom is 0.239 e. The van der Waals surface area contributed by atoms with Crippen LogP contribution in [0, 0.1) is 5.92 Å². The minimum absolute atomic E-state index is 0.0471. The molecule has 4 nitrogen and oxygen atoms in total. The van der Waals surface area contributed by atoms with E-state index in [1.807, 2.05) is 23.0 Å². The molecule has 1 atom stereocenters. The Kier molecular flexibility index (Phi) is 5.22. The van der Waals surface area contributed by atoms with Crippen molar-refractivity contribution in [3.63, 3.8) is 0 Å². The van der Waals surface area contributed by atoms with Crippen LogP contribution >= 0.6 is 0 Å². The van der Waals surface area contributed by atoms with Gasteiger partial charge in [-0.05, 0) is 24.0 Å². The smallest absolute Gasteiger partial charge is 0.239 e. The van der Waals surface area contributed by atoms with Crippen LogP contribution in [0.15, 0.2) is 18.5 Å². The zero-order valence-corrected chi connectivity index (χ0v) is 10.9. The van der Waals surface area contributed by atoms with Gasteiger partial charge in [0.15, 0.2) is 0 Å². The molecule has 3 N–H and O–H groups in total. The van der Waals surface area contributed by atoms with E-state index in [2.05, 4.69) is 26.1 Å². The van der Waals surface area contributed by atoms with E-state index in [1.54, 1.807) is 0 Å². The molecule has 0 aliphatic heterocycles. The van der Waals surface area contributed by atoms with Gasteiger partial charge in [0, 0.05) is 25.0 Å². The van der Waals surface area contributed by atoms with Crippen molar-refractivity contribution in [2.75, 3.05) is 6.54 Å². The number of carbonyl (C=O) groups is 1. The zero-order valence-electron chi connectivity index (χ0n) is 10.9. The van der Waals surface area contributed by atoms with E-state index >= 15 is 0 Å². The molecule has 1 amide bonds. The molecule has 4 heteroatoms. The van der Waals surface area contributed by atoms with Crippen LogP contribution in [0.4, 0.5) is 0 Å². The number of hydrogen-bond donors (Lipinski definition) is 2. The molecule has 1 unspecified atom stereocenters. The Bertz CT molecular complexity index is 357. The molecule has 1 heterocycles. The van der Waals surface area contributed by atoms with Crippen molar-refractivity contribution < 1.29 is 4.79 Å². The summed E-state index contributed by atoms with van der Waals surface area (Å²) in [6, 6.07) is 2.04. The molecule has 0 radical (unpaired) electrons. The third-order valence-electron chi connectivity index (χ3n) is 2.67. The number of hydrogen-bond acceptors (Lipinski definition) is 2. The molecule has 0 bridgehead atoms. The fourth-order valence-corrected chi connectivity index (χ4v) is 1.55. The Morgan fingerprint density at radius 3 is 2.82 bits per heavy atom. The summed E-state index contributed by atoms with van der Waals surface area (Å²) in [5.41, 5.74) is 7.01. The van der Waals surface area contributed by atoms with Gasteiger partial charge in [-0.25, -0.2) is 0 Å². The Morgan fingerprint density at radius 2 is 2.24 bits per heavy atom. The Labute approximate surface area is 103 Å². The quantitative estimate of drug-likeness (QED) is 0.790. The lowest BCUT2D eigenvalue weighted by Gasteiger charge is -2.08. The second kappa shape index (κ2) is 6.45. The SMILES string of the molecule is CCC(N)c1ccn(CC(=O)NCC(C)C)c1. The third-order valence-corrected chi connectivity index (χ3v) is 2.67. The monoisotopic (exact) mass is 237 g/mol. The second-order valence-electron chi connectivity index (χ2n) is 4.83. The minimum Gasteiger partial charge on any atom is -0.354 e. The largest absolute Gasteiger partial charge is 0.354 e. The lowest BCUT2D eigenvalue weighted by atomic mass is 10.1. The summed E-state index contributed by atoms with van der Waals surface area (Å²) in [5.74, 6) is 0.526. The van der Waals surface area contributed by atoms with Crippen LogP contribution in [0.25, 0.3) is 0 Å². The highest BCUT2D eigenvalue weighted by atomic mass is 16.1. The molecule has 0 aliphatic rings. The summed E-state index contributed by atoms with van der Waals surface area (Å²) < 4.78 is 1.88. The van der Waals surface area contributed by atoms with Gasteiger partial charge in [0.2, 0.25) is 5.91 Å². The number of nitrogens with zero attached hydrogens (tertiary/aromatic N) is 1. The maximum atomic E-state index is 11.6. The number of nitrogens with one attached hydrogen (secondary N) is 1. The summed E-state index contributed by atoms with van der Waals surface area (Å²) in [4.78, 5) is 11.6. The molecule has 0 saturated carbocycles. The van der Waals surface area contributed by atoms with E-state index in [0.717, 1.165) is 18.5 Å². The van der Waals surface area contributed by atoms with Crippen molar-refractivity contribution in [2.24, 2.45) is 11.7 Å². The minimum atomic E-state index is 0.0471. The Hall–Kier alpha value is -1.29. The van der Waals surface area contributed by atoms with Crippen LogP contribution in [0.5, 0.6) is 0 Å². The molecule has 17 heavy (non-hydrogen) atoms. The van der Waals surface area contributed by atoms with Crippen molar-refractivity contribution in [3.05, 3.63) is 24.0 Å². The first-order valence-corrected chi connectivity index (χ1v) is 6.20. The van der Waals surface area contributed by atoms with Crippen molar-refractivity contribution in [1.82, 2.24) is 9.88 Å². The Balaban J connectivity index is 2.46. The molecule has 1 rings (SSSR count). The van der Waals surface area contributed by atoms with Crippen LogP contribution in [-0.2, 0) is 11.3 Å². The molecule has 0 fully saturated rings. The second-order valence-corrected chi connectivity index (χ2v) is 4.83. The molecule has 1 aromatic heterocycles. The number of carbonyl (C=O) groups excluding carboxylic acids is 1. The van der Waals surface area contributed by atoms with Crippen molar-refractivity contribution >= 4 is 5.91 Å². The lowest BCUT2D eigenvalue weighted by molar-refractivity contribution is -0.121. The van der Waals surface area contributed by atoms with Gasteiger partial charge in [-0.15, -0.1) is 0 Å². The van der Waals surface area contributed by atoms with Gasteiger partial charge in [-0.2, -0.15) is 0 Å². The average Bonchev–Trinajstić information content (AvgIpc) is 2.73. The van der Waals surface area contributed by atoms with Crippen molar-refractivity contribution in [1.29, 1.82) is 0 Å². The first kappa shape index (κ1) is 13.8. The van der Waals surface area contributed by atoms with Crippen LogP contribution in [0.2, 0.25) is 0 Å². The van der Waals surface area contributed by atoms with Gasteiger partial charge in [0.1, 0.15) is 6.54 Å². The highest BCUT2D eigenvalue weighted by molar-refractivity contribution is 5.75. The van der Waals surface area contributed by atoms with Crippen molar-refractivity contribution in [2.45, 2.75) is 39.8 Å². The molecule has 0 spiro atoms. The summed E-state index contributed by atoms with van der Waals surface area (Å²) >= 11 is 0. The van der Waals surface area contributed by atoms with E-state index < -0.39 is 0 Å². The number of nitrogens with two attached hydrogens (primary N) is 1. The fourth-order valence-electron chi connectivity index (χ4n) is 1.55. The molecular weight excluding hydrogens is 214 g/mol. The van der Waals surface area contributed by atoms with Gasteiger partial charge in [0.25, 0.3) is 0 Å². The van der Waals surface area contributed by atoms with Gasteiger partial charge in [-0.1, -0.05) is 20.8 Å². The first-order valence-electron chi connectivity index (χ1n) is 6.20. The molecule has 0 saturated heterocycles. The van der Waals surface area contributed by atoms with Crippen LogP contribution < -0.4 is 11.1 Å².